The van der Waals surface area contributed by atoms with E-state index in [4.69, 9.17) is 9.47 Å². The number of nitrogens with one attached hydrogen (secondary N) is 1. The van der Waals surface area contributed by atoms with E-state index >= 15 is 0 Å². The molecule has 0 saturated heterocycles. The Labute approximate surface area is 147 Å². The second-order valence-corrected chi connectivity index (χ2v) is 5.36. The van der Waals surface area contributed by atoms with Crippen LogP contribution in [0.1, 0.15) is 10.4 Å². The maximum Gasteiger partial charge on any atom is 0.255 e. The Kier molecular flexibility index (Phi) is 5.67. The number of carbonyl (C=O) groups excluding carboxylic acids is 1. The van der Waals surface area contributed by atoms with E-state index in [0.717, 1.165) is 5.75 Å². The van der Waals surface area contributed by atoms with E-state index in [1.54, 1.807) is 18.2 Å². The van der Waals surface area contributed by atoms with Crippen LogP contribution in [-0.4, -0.2) is 19.1 Å². The van der Waals surface area contributed by atoms with Gasteiger partial charge in [0.05, 0.1) is 0 Å². The van der Waals surface area contributed by atoms with Crippen LogP contribution >= 0.6 is 0 Å². The number of para-hydroxylation sites is 1. The first-order valence-corrected chi connectivity index (χ1v) is 8.08. The minimum Gasteiger partial charge on any atom is -0.490 e. The molecule has 126 valence electrons. The molecular formula is C21H19NO3. The van der Waals surface area contributed by atoms with Crippen LogP contribution in [0.3, 0.4) is 0 Å². The molecule has 4 heteroatoms. The molecule has 0 bridgehead atoms. The van der Waals surface area contributed by atoms with Gasteiger partial charge in [-0.1, -0.05) is 42.5 Å². The normalized spacial score (nSPS) is 10.1. The van der Waals surface area contributed by atoms with E-state index in [1.165, 1.54) is 0 Å². The van der Waals surface area contributed by atoms with Crippen LogP contribution in [0, 0.1) is 0 Å². The fourth-order valence-corrected chi connectivity index (χ4v) is 2.29. The molecule has 0 fully saturated rings. The molecule has 3 aromatic rings. The van der Waals surface area contributed by atoms with Gasteiger partial charge in [-0.25, -0.2) is 0 Å². The SMILES string of the molecule is O=C(Nc1cccc(OCCOc2ccccc2)c1)c1ccccc1. The molecule has 0 aliphatic rings. The van der Waals surface area contributed by atoms with Crippen molar-refractivity contribution >= 4 is 11.6 Å². The summed E-state index contributed by atoms with van der Waals surface area (Å²) < 4.78 is 11.3. The molecule has 3 rings (SSSR count). The van der Waals surface area contributed by atoms with E-state index in [0.29, 0.717) is 30.2 Å². The Morgan fingerprint density at radius 2 is 1.32 bits per heavy atom. The fraction of sp³-hybridized carbons (Fsp3) is 0.0952. The van der Waals surface area contributed by atoms with Crippen molar-refractivity contribution in [3.8, 4) is 11.5 Å². The first-order chi connectivity index (χ1) is 12.3. The van der Waals surface area contributed by atoms with Crippen LogP contribution in [0.25, 0.3) is 0 Å². The highest BCUT2D eigenvalue weighted by molar-refractivity contribution is 6.04. The summed E-state index contributed by atoms with van der Waals surface area (Å²) in [5.41, 5.74) is 1.31. The van der Waals surface area contributed by atoms with Gasteiger partial charge in [-0.05, 0) is 36.4 Å². The maximum atomic E-state index is 12.2. The van der Waals surface area contributed by atoms with Crippen LogP contribution in [0.5, 0.6) is 11.5 Å². The zero-order valence-electron chi connectivity index (χ0n) is 13.7. The molecule has 0 spiro atoms. The van der Waals surface area contributed by atoms with Gasteiger partial charge in [0.25, 0.3) is 5.91 Å². The van der Waals surface area contributed by atoms with E-state index in [2.05, 4.69) is 5.32 Å². The predicted octanol–water partition coefficient (Wildman–Crippen LogP) is 4.40. The summed E-state index contributed by atoms with van der Waals surface area (Å²) in [6.45, 7) is 0.871. The van der Waals surface area contributed by atoms with Gasteiger partial charge in [-0.2, -0.15) is 0 Å². The molecule has 0 heterocycles. The molecular weight excluding hydrogens is 314 g/mol. The quantitative estimate of drug-likeness (QED) is 0.652. The molecule has 0 radical (unpaired) electrons. The lowest BCUT2D eigenvalue weighted by atomic mass is 10.2. The average Bonchev–Trinajstić information content (AvgIpc) is 2.67. The third-order valence-corrected chi connectivity index (χ3v) is 3.49. The van der Waals surface area contributed by atoms with Crippen LogP contribution < -0.4 is 14.8 Å². The Bertz CT molecular complexity index is 804. The lowest BCUT2D eigenvalue weighted by molar-refractivity contribution is 0.102. The molecule has 0 atom stereocenters. The Balaban J connectivity index is 1.50. The molecule has 4 nitrogen and oxygen atoms in total. The fourth-order valence-electron chi connectivity index (χ4n) is 2.29. The van der Waals surface area contributed by atoms with Crippen molar-refractivity contribution < 1.29 is 14.3 Å². The summed E-state index contributed by atoms with van der Waals surface area (Å²) in [7, 11) is 0. The predicted molar refractivity (Wildman–Crippen MR) is 98.3 cm³/mol. The largest absolute Gasteiger partial charge is 0.490 e. The van der Waals surface area contributed by atoms with Crippen molar-refractivity contribution in [1.29, 1.82) is 0 Å². The Hall–Kier alpha value is -3.27. The van der Waals surface area contributed by atoms with Gasteiger partial charge in [0.2, 0.25) is 0 Å². The number of carbonyl (C=O) groups is 1. The third kappa shape index (κ3) is 5.11. The number of ether oxygens (including phenoxy) is 2. The maximum absolute atomic E-state index is 12.2. The molecule has 0 aliphatic carbocycles. The molecule has 0 aromatic heterocycles. The molecule has 1 amide bonds. The van der Waals surface area contributed by atoms with Crippen molar-refractivity contribution in [1.82, 2.24) is 0 Å². The Morgan fingerprint density at radius 3 is 2.04 bits per heavy atom. The van der Waals surface area contributed by atoms with Gasteiger partial charge < -0.3 is 14.8 Å². The standard InChI is InChI=1S/C21H19NO3/c23-21(17-8-3-1-4-9-17)22-18-10-7-13-20(16-18)25-15-14-24-19-11-5-2-6-12-19/h1-13,16H,14-15H2,(H,22,23). The minimum absolute atomic E-state index is 0.148. The Morgan fingerprint density at radius 1 is 0.720 bits per heavy atom. The number of amides is 1. The summed E-state index contributed by atoms with van der Waals surface area (Å²) >= 11 is 0. The summed E-state index contributed by atoms with van der Waals surface area (Å²) in [4.78, 5) is 12.2. The zero-order chi connectivity index (χ0) is 17.3. The minimum atomic E-state index is -0.148. The first kappa shape index (κ1) is 16.6. The molecule has 3 aromatic carbocycles. The highest BCUT2D eigenvalue weighted by atomic mass is 16.5. The summed E-state index contributed by atoms with van der Waals surface area (Å²) in [6.07, 6.45) is 0. The monoisotopic (exact) mass is 333 g/mol. The first-order valence-electron chi connectivity index (χ1n) is 8.08. The van der Waals surface area contributed by atoms with Crippen molar-refractivity contribution in [2.75, 3.05) is 18.5 Å². The summed E-state index contributed by atoms with van der Waals surface area (Å²) in [6, 6.07) is 26.0. The molecule has 1 N–H and O–H groups in total. The second-order valence-electron chi connectivity index (χ2n) is 5.36. The van der Waals surface area contributed by atoms with Crippen molar-refractivity contribution in [2.45, 2.75) is 0 Å². The van der Waals surface area contributed by atoms with E-state index < -0.39 is 0 Å². The molecule has 25 heavy (non-hydrogen) atoms. The van der Waals surface area contributed by atoms with Gasteiger partial charge >= 0.3 is 0 Å². The highest BCUT2D eigenvalue weighted by Crippen LogP contribution is 2.18. The smallest absolute Gasteiger partial charge is 0.255 e. The van der Waals surface area contributed by atoms with Gasteiger partial charge in [-0.15, -0.1) is 0 Å². The molecule has 0 unspecified atom stereocenters. The highest BCUT2D eigenvalue weighted by Gasteiger charge is 2.05. The number of benzene rings is 3. The van der Waals surface area contributed by atoms with Crippen LogP contribution in [0.4, 0.5) is 5.69 Å². The van der Waals surface area contributed by atoms with Gasteiger partial charge in [0.15, 0.2) is 0 Å². The second kappa shape index (κ2) is 8.55. The summed E-state index contributed by atoms with van der Waals surface area (Å²) in [5.74, 6) is 1.35. The summed E-state index contributed by atoms with van der Waals surface area (Å²) in [5, 5.41) is 2.86. The van der Waals surface area contributed by atoms with E-state index in [9.17, 15) is 4.79 Å². The molecule has 0 saturated carbocycles. The van der Waals surface area contributed by atoms with E-state index in [1.807, 2.05) is 66.7 Å². The third-order valence-electron chi connectivity index (χ3n) is 3.49. The number of hydrogen-bond donors (Lipinski definition) is 1. The zero-order valence-corrected chi connectivity index (χ0v) is 13.7. The van der Waals surface area contributed by atoms with Gasteiger partial charge in [0.1, 0.15) is 24.7 Å². The van der Waals surface area contributed by atoms with Crippen LogP contribution in [0.2, 0.25) is 0 Å². The lowest BCUT2D eigenvalue weighted by Gasteiger charge is -2.10. The topological polar surface area (TPSA) is 47.6 Å². The van der Waals surface area contributed by atoms with Gasteiger partial charge in [0, 0.05) is 17.3 Å². The van der Waals surface area contributed by atoms with Gasteiger partial charge in [-0.3, -0.25) is 4.79 Å². The van der Waals surface area contributed by atoms with Crippen LogP contribution in [-0.2, 0) is 0 Å². The number of rotatable bonds is 7. The van der Waals surface area contributed by atoms with E-state index in [-0.39, 0.29) is 5.91 Å². The van der Waals surface area contributed by atoms with Crippen LogP contribution in [0.15, 0.2) is 84.9 Å². The van der Waals surface area contributed by atoms with Crippen molar-refractivity contribution in [3.63, 3.8) is 0 Å². The van der Waals surface area contributed by atoms with Crippen molar-refractivity contribution in [3.05, 3.63) is 90.5 Å². The average molecular weight is 333 g/mol. The lowest BCUT2D eigenvalue weighted by Crippen LogP contribution is -2.12. The number of anilines is 1. The molecule has 0 aliphatic heterocycles. The number of hydrogen-bond acceptors (Lipinski definition) is 3. The van der Waals surface area contributed by atoms with Crippen molar-refractivity contribution in [2.24, 2.45) is 0 Å².